The normalized spacial score (nSPS) is 10.0. The van der Waals surface area contributed by atoms with Crippen molar-refractivity contribution in [2.45, 2.75) is 6.54 Å². The molecule has 0 fully saturated rings. The average molecular weight is 415 g/mol. The number of anilines is 2. The number of amides is 1. The van der Waals surface area contributed by atoms with Crippen LogP contribution in [0.1, 0.15) is 5.69 Å². The molecule has 0 saturated carbocycles. The van der Waals surface area contributed by atoms with E-state index in [4.69, 9.17) is 0 Å². The lowest BCUT2D eigenvalue weighted by atomic mass is 10.2. The van der Waals surface area contributed by atoms with Crippen molar-refractivity contribution in [1.82, 2.24) is 4.98 Å². The number of nitrogens with one attached hydrogen (secondary N) is 2. The Morgan fingerprint density at radius 3 is 2.52 bits per heavy atom. The first kappa shape index (κ1) is 15.8. The van der Waals surface area contributed by atoms with Crippen LogP contribution in [-0.2, 0) is 11.3 Å². The Balaban J connectivity index is 1.96. The third-order valence-electron chi connectivity index (χ3n) is 2.66. The van der Waals surface area contributed by atoms with Crippen molar-refractivity contribution in [2.75, 3.05) is 17.7 Å². The van der Waals surface area contributed by atoms with Crippen molar-refractivity contribution in [3.8, 4) is 0 Å². The van der Waals surface area contributed by atoms with Crippen LogP contribution in [0.5, 0.6) is 0 Å². The Bertz CT molecular complexity index is 633. The van der Waals surface area contributed by atoms with Gasteiger partial charge in [0.15, 0.2) is 0 Å². The van der Waals surface area contributed by atoms with Gasteiger partial charge in [-0.05, 0) is 62.2 Å². The molecular weight excluding hydrogens is 402 g/mol. The molecule has 0 spiro atoms. The maximum atomic E-state index is 11.1. The van der Waals surface area contributed by atoms with Crippen molar-refractivity contribution in [3.05, 3.63) is 51.2 Å². The number of carbonyl (C=O) groups excluding carboxylic acids is 1. The van der Waals surface area contributed by atoms with Crippen molar-refractivity contribution in [2.24, 2.45) is 0 Å². The van der Waals surface area contributed by atoms with Crippen LogP contribution < -0.4 is 10.6 Å². The fourth-order valence-corrected chi connectivity index (χ4v) is 2.73. The summed E-state index contributed by atoms with van der Waals surface area (Å²) in [7, 11) is 1.33. The quantitative estimate of drug-likeness (QED) is 0.778. The molecule has 0 unspecified atom stereocenters. The second kappa shape index (κ2) is 7.42. The van der Waals surface area contributed by atoms with Crippen LogP contribution >= 0.6 is 31.9 Å². The lowest BCUT2D eigenvalue weighted by Crippen LogP contribution is -2.10. The molecule has 0 atom stereocenters. The first-order chi connectivity index (χ1) is 10.1. The molecule has 21 heavy (non-hydrogen) atoms. The predicted molar refractivity (Wildman–Crippen MR) is 89.4 cm³/mol. The molecule has 1 aromatic heterocycles. The van der Waals surface area contributed by atoms with Gasteiger partial charge in [-0.15, -0.1) is 0 Å². The molecule has 2 rings (SSSR count). The molecule has 0 aliphatic rings. The van der Waals surface area contributed by atoms with E-state index in [-0.39, 0.29) is 0 Å². The third kappa shape index (κ3) is 4.71. The van der Waals surface area contributed by atoms with E-state index in [0.29, 0.717) is 12.2 Å². The molecule has 0 saturated heterocycles. The highest BCUT2D eigenvalue weighted by atomic mass is 79.9. The summed E-state index contributed by atoms with van der Waals surface area (Å²) in [6.07, 6.45) is 1.27. The van der Waals surface area contributed by atoms with Gasteiger partial charge in [-0.1, -0.05) is 0 Å². The Kier molecular flexibility index (Phi) is 5.58. The zero-order chi connectivity index (χ0) is 15.2. The van der Waals surface area contributed by atoms with Gasteiger partial charge in [-0.2, -0.15) is 0 Å². The van der Waals surface area contributed by atoms with Crippen LogP contribution in [0.25, 0.3) is 0 Å². The highest BCUT2D eigenvalue weighted by molar-refractivity contribution is 9.11. The number of benzene rings is 1. The molecule has 110 valence electrons. The molecule has 0 radical (unpaired) electrons. The van der Waals surface area contributed by atoms with E-state index in [9.17, 15) is 4.79 Å². The Morgan fingerprint density at radius 1 is 1.24 bits per heavy atom. The number of methoxy groups -OCH3 is 1. The number of rotatable bonds is 4. The van der Waals surface area contributed by atoms with E-state index in [1.54, 1.807) is 18.3 Å². The van der Waals surface area contributed by atoms with E-state index in [1.807, 2.05) is 18.2 Å². The lowest BCUT2D eigenvalue weighted by molar-refractivity contribution is 0.187. The van der Waals surface area contributed by atoms with Crippen molar-refractivity contribution in [1.29, 1.82) is 0 Å². The van der Waals surface area contributed by atoms with Gasteiger partial charge in [0, 0.05) is 26.5 Å². The van der Waals surface area contributed by atoms with Crippen LogP contribution in [0.3, 0.4) is 0 Å². The molecule has 2 aromatic rings. The molecule has 7 heteroatoms. The number of pyridine rings is 1. The van der Waals surface area contributed by atoms with Gasteiger partial charge in [0.2, 0.25) is 0 Å². The molecule has 1 amide bonds. The number of hydrogen-bond donors (Lipinski definition) is 2. The zero-order valence-corrected chi connectivity index (χ0v) is 14.4. The molecule has 0 bridgehead atoms. The fourth-order valence-electron chi connectivity index (χ4n) is 1.60. The van der Waals surface area contributed by atoms with Gasteiger partial charge in [-0.25, -0.2) is 4.79 Å². The summed E-state index contributed by atoms with van der Waals surface area (Å²) in [4.78, 5) is 15.4. The van der Waals surface area contributed by atoms with Crippen LogP contribution in [0.4, 0.5) is 16.2 Å². The predicted octanol–water partition coefficient (Wildman–Crippen LogP) is 4.40. The number of ether oxygens (including phenoxy) is 1. The second-order valence-corrected chi connectivity index (χ2v) is 5.90. The summed E-state index contributed by atoms with van der Waals surface area (Å²) >= 11 is 6.84. The van der Waals surface area contributed by atoms with Crippen LogP contribution in [0.15, 0.2) is 45.5 Å². The summed E-state index contributed by atoms with van der Waals surface area (Å²) in [5, 5.41) is 5.86. The molecule has 0 aliphatic heterocycles. The smallest absolute Gasteiger partial charge is 0.411 e. The zero-order valence-electron chi connectivity index (χ0n) is 11.2. The summed E-state index contributed by atoms with van der Waals surface area (Å²) < 4.78 is 6.40. The van der Waals surface area contributed by atoms with E-state index < -0.39 is 6.09 Å². The second-order valence-electron chi connectivity index (χ2n) is 4.13. The number of aromatic nitrogens is 1. The van der Waals surface area contributed by atoms with E-state index in [2.05, 4.69) is 52.2 Å². The third-order valence-corrected chi connectivity index (χ3v) is 3.78. The summed E-state index contributed by atoms with van der Waals surface area (Å²) in [6.45, 7) is 0.595. The van der Waals surface area contributed by atoms with Crippen LogP contribution in [0, 0.1) is 0 Å². The first-order valence-corrected chi connectivity index (χ1v) is 7.66. The molecule has 0 aliphatic carbocycles. The van der Waals surface area contributed by atoms with E-state index >= 15 is 0 Å². The molecule has 1 aromatic carbocycles. The summed E-state index contributed by atoms with van der Waals surface area (Å²) in [5.74, 6) is 0. The molecule has 5 nitrogen and oxygen atoms in total. The van der Waals surface area contributed by atoms with Crippen LogP contribution in [0.2, 0.25) is 0 Å². The number of halogens is 2. The highest BCUT2D eigenvalue weighted by Crippen LogP contribution is 2.21. The maximum absolute atomic E-state index is 11.1. The minimum Gasteiger partial charge on any atom is -0.453 e. The first-order valence-electron chi connectivity index (χ1n) is 6.07. The number of nitrogens with zero attached hydrogens (tertiary/aromatic N) is 1. The lowest BCUT2D eigenvalue weighted by Gasteiger charge is -2.09. The number of hydrogen-bond acceptors (Lipinski definition) is 4. The Morgan fingerprint density at radius 2 is 1.90 bits per heavy atom. The fraction of sp³-hybridized carbons (Fsp3) is 0.143. The van der Waals surface area contributed by atoms with E-state index in [0.717, 1.165) is 20.3 Å². The minimum absolute atomic E-state index is 0.487. The van der Waals surface area contributed by atoms with Crippen LogP contribution in [-0.4, -0.2) is 18.2 Å². The highest BCUT2D eigenvalue weighted by Gasteiger charge is 2.03. The van der Waals surface area contributed by atoms with Crippen molar-refractivity contribution < 1.29 is 9.53 Å². The van der Waals surface area contributed by atoms with Crippen molar-refractivity contribution in [3.63, 3.8) is 0 Å². The minimum atomic E-state index is -0.487. The Labute approximate surface area is 139 Å². The summed E-state index contributed by atoms with van der Waals surface area (Å²) in [5.41, 5.74) is 2.52. The van der Waals surface area contributed by atoms with Gasteiger partial charge in [0.05, 0.1) is 19.3 Å². The molecular formula is C14H13Br2N3O2. The maximum Gasteiger partial charge on any atom is 0.411 e. The Hall–Kier alpha value is -1.60. The largest absolute Gasteiger partial charge is 0.453 e. The molecule has 2 N–H and O–H groups in total. The van der Waals surface area contributed by atoms with E-state index in [1.165, 1.54) is 7.11 Å². The molecule has 1 heterocycles. The van der Waals surface area contributed by atoms with Crippen molar-refractivity contribution >= 4 is 49.3 Å². The number of carbonyl (C=O) groups is 1. The topological polar surface area (TPSA) is 63.2 Å². The van der Waals surface area contributed by atoms with Gasteiger partial charge < -0.3 is 10.1 Å². The standard InChI is InChI=1S/C14H13Br2N3O2/c1-21-14(20)19-11-4-2-10(3-5-11)17-8-13-12(16)6-9(15)7-18-13/h2-7,17H,8H2,1H3,(H,19,20). The monoisotopic (exact) mass is 413 g/mol. The summed E-state index contributed by atoms with van der Waals surface area (Å²) in [6, 6.07) is 9.29. The average Bonchev–Trinajstić information content (AvgIpc) is 2.48. The van der Waals surface area contributed by atoms with Gasteiger partial charge in [-0.3, -0.25) is 10.3 Å². The van der Waals surface area contributed by atoms with Gasteiger partial charge in [0.1, 0.15) is 0 Å². The van der Waals surface area contributed by atoms with Gasteiger partial charge >= 0.3 is 6.09 Å². The van der Waals surface area contributed by atoms with Gasteiger partial charge in [0.25, 0.3) is 0 Å². The SMILES string of the molecule is COC(=O)Nc1ccc(NCc2ncc(Br)cc2Br)cc1.